The molecule has 0 spiro atoms. The van der Waals surface area contributed by atoms with Crippen molar-refractivity contribution in [2.75, 3.05) is 46.5 Å². The summed E-state index contributed by atoms with van der Waals surface area (Å²) in [5.41, 5.74) is 4.26. The molecule has 21 heavy (non-hydrogen) atoms. The minimum absolute atomic E-state index is 0.846. The van der Waals surface area contributed by atoms with Crippen LogP contribution in [0.3, 0.4) is 0 Å². The first-order chi connectivity index (χ1) is 10.3. The average molecular weight is 290 g/mol. The van der Waals surface area contributed by atoms with E-state index in [1.165, 1.54) is 23.2 Å². The Morgan fingerprint density at radius 3 is 2.62 bits per heavy atom. The topological polar surface area (TPSA) is 24.9 Å². The van der Waals surface area contributed by atoms with Gasteiger partial charge in [0.1, 0.15) is 5.75 Å². The molecule has 0 aliphatic carbocycles. The van der Waals surface area contributed by atoms with Gasteiger partial charge in [0.25, 0.3) is 0 Å². The van der Waals surface area contributed by atoms with Crippen molar-refractivity contribution >= 4 is 0 Å². The molecule has 3 rings (SSSR count). The Balaban J connectivity index is 1.80. The van der Waals surface area contributed by atoms with Gasteiger partial charge in [-0.3, -0.25) is 9.80 Å². The lowest BCUT2D eigenvalue weighted by Crippen LogP contribution is -2.36. The predicted molar refractivity (Wildman–Crippen MR) is 83.7 cm³/mol. The normalized spacial score (nSPS) is 20.3. The van der Waals surface area contributed by atoms with Crippen LogP contribution in [0.2, 0.25) is 0 Å². The van der Waals surface area contributed by atoms with E-state index in [0.717, 1.165) is 58.1 Å². The van der Waals surface area contributed by atoms with Gasteiger partial charge in [0, 0.05) is 38.3 Å². The number of ether oxygens (including phenoxy) is 2. The first kappa shape index (κ1) is 14.8. The molecule has 4 heteroatoms. The summed E-state index contributed by atoms with van der Waals surface area (Å²) in [5.74, 6) is 1.04. The summed E-state index contributed by atoms with van der Waals surface area (Å²) in [6.07, 6.45) is 1.16. The third kappa shape index (κ3) is 3.39. The van der Waals surface area contributed by atoms with Gasteiger partial charge in [0.2, 0.25) is 0 Å². The van der Waals surface area contributed by atoms with Crippen molar-refractivity contribution in [1.82, 2.24) is 9.80 Å². The van der Waals surface area contributed by atoms with E-state index in [9.17, 15) is 0 Å². The average Bonchev–Trinajstić information content (AvgIpc) is 2.54. The quantitative estimate of drug-likeness (QED) is 0.845. The van der Waals surface area contributed by atoms with Crippen molar-refractivity contribution in [3.63, 3.8) is 0 Å². The third-order valence-corrected chi connectivity index (χ3v) is 4.64. The molecule has 1 aromatic rings. The van der Waals surface area contributed by atoms with Crippen LogP contribution in [0.25, 0.3) is 0 Å². The van der Waals surface area contributed by atoms with Gasteiger partial charge in [-0.1, -0.05) is 13.0 Å². The maximum absolute atomic E-state index is 5.65. The second-order valence-corrected chi connectivity index (χ2v) is 5.94. The highest BCUT2D eigenvalue weighted by molar-refractivity contribution is 5.44. The Bertz CT molecular complexity index is 484. The molecule has 0 saturated carbocycles. The van der Waals surface area contributed by atoms with Gasteiger partial charge in [-0.25, -0.2) is 0 Å². The van der Waals surface area contributed by atoms with E-state index in [1.54, 1.807) is 7.11 Å². The van der Waals surface area contributed by atoms with Crippen molar-refractivity contribution in [3.8, 4) is 5.75 Å². The molecule has 0 unspecified atom stereocenters. The van der Waals surface area contributed by atoms with Gasteiger partial charge in [-0.2, -0.15) is 0 Å². The number of morpholine rings is 1. The number of hydrogen-bond acceptors (Lipinski definition) is 4. The summed E-state index contributed by atoms with van der Waals surface area (Å²) in [5, 5.41) is 0. The summed E-state index contributed by atoms with van der Waals surface area (Å²) >= 11 is 0. The molecule has 0 atom stereocenters. The van der Waals surface area contributed by atoms with Crippen molar-refractivity contribution < 1.29 is 9.47 Å². The zero-order valence-electron chi connectivity index (χ0n) is 13.2. The minimum atomic E-state index is 0.846. The number of hydrogen-bond donors (Lipinski definition) is 0. The van der Waals surface area contributed by atoms with Gasteiger partial charge in [0.15, 0.2) is 0 Å². The summed E-state index contributed by atoms with van der Waals surface area (Å²) in [4.78, 5) is 4.94. The summed E-state index contributed by atoms with van der Waals surface area (Å²) in [6.45, 7) is 10.3. The first-order valence-electron chi connectivity index (χ1n) is 8.01. The standard InChI is InChI=1S/C17H26N2O2/c1-3-18-5-4-14-10-16(13-19-6-8-21-9-7-19)17(20-2)11-15(14)12-18/h10-11H,3-9,12-13H2,1-2H3. The molecular weight excluding hydrogens is 264 g/mol. The van der Waals surface area contributed by atoms with Gasteiger partial charge in [-0.15, -0.1) is 0 Å². The monoisotopic (exact) mass is 290 g/mol. The van der Waals surface area contributed by atoms with E-state index in [2.05, 4.69) is 28.9 Å². The molecule has 1 aromatic carbocycles. The number of nitrogens with zero attached hydrogens (tertiary/aromatic N) is 2. The Hall–Kier alpha value is -1.10. The zero-order chi connectivity index (χ0) is 14.7. The number of rotatable bonds is 4. The minimum Gasteiger partial charge on any atom is -0.496 e. The van der Waals surface area contributed by atoms with E-state index >= 15 is 0 Å². The molecular formula is C17H26N2O2. The molecule has 116 valence electrons. The van der Waals surface area contributed by atoms with Crippen molar-refractivity contribution in [3.05, 3.63) is 28.8 Å². The fraction of sp³-hybridized carbons (Fsp3) is 0.647. The number of fused-ring (bicyclic) bond motifs is 1. The van der Waals surface area contributed by atoms with Crippen LogP contribution < -0.4 is 4.74 Å². The van der Waals surface area contributed by atoms with Gasteiger partial charge < -0.3 is 9.47 Å². The van der Waals surface area contributed by atoms with E-state index in [1.807, 2.05) is 0 Å². The molecule has 0 bridgehead atoms. The van der Waals surface area contributed by atoms with Gasteiger partial charge in [-0.05, 0) is 30.2 Å². The van der Waals surface area contributed by atoms with E-state index in [0.29, 0.717) is 0 Å². The largest absolute Gasteiger partial charge is 0.496 e. The fourth-order valence-electron chi connectivity index (χ4n) is 3.28. The highest BCUT2D eigenvalue weighted by Gasteiger charge is 2.19. The molecule has 0 radical (unpaired) electrons. The van der Waals surface area contributed by atoms with Crippen LogP contribution in [0.15, 0.2) is 12.1 Å². The SMILES string of the molecule is CCN1CCc2cc(CN3CCOCC3)c(OC)cc2C1. The summed E-state index contributed by atoms with van der Waals surface area (Å²) in [7, 11) is 1.78. The Labute approximate surface area is 127 Å². The number of methoxy groups -OCH3 is 1. The maximum atomic E-state index is 5.65. The number of likely N-dealkylation sites (N-methyl/N-ethyl adjacent to an activating group) is 1. The third-order valence-electron chi connectivity index (χ3n) is 4.64. The second kappa shape index (κ2) is 6.77. The van der Waals surface area contributed by atoms with Crippen LogP contribution in [0.4, 0.5) is 0 Å². The Morgan fingerprint density at radius 1 is 1.10 bits per heavy atom. The predicted octanol–water partition coefficient (Wildman–Crippen LogP) is 1.91. The van der Waals surface area contributed by atoms with Gasteiger partial charge in [0.05, 0.1) is 20.3 Å². The lowest BCUT2D eigenvalue weighted by molar-refractivity contribution is 0.0338. The first-order valence-corrected chi connectivity index (χ1v) is 8.01. The number of benzene rings is 1. The van der Waals surface area contributed by atoms with Crippen LogP contribution in [0.1, 0.15) is 23.6 Å². The molecule has 2 aliphatic heterocycles. The van der Waals surface area contributed by atoms with Crippen LogP contribution >= 0.6 is 0 Å². The molecule has 1 saturated heterocycles. The molecule has 0 amide bonds. The molecule has 4 nitrogen and oxygen atoms in total. The summed E-state index contributed by atoms with van der Waals surface area (Å²) in [6, 6.07) is 4.63. The highest BCUT2D eigenvalue weighted by Crippen LogP contribution is 2.29. The highest BCUT2D eigenvalue weighted by atomic mass is 16.5. The second-order valence-electron chi connectivity index (χ2n) is 5.94. The lowest BCUT2D eigenvalue weighted by atomic mass is 9.96. The van der Waals surface area contributed by atoms with Crippen LogP contribution in [-0.4, -0.2) is 56.3 Å². The smallest absolute Gasteiger partial charge is 0.123 e. The Kier molecular flexibility index (Phi) is 4.78. The van der Waals surface area contributed by atoms with Gasteiger partial charge >= 0.3 is 0 Å². The van der Waals surface area contributed by atoms with Crippen LogP contribution in [0, 0.1) is 0 Å². The molecule has 1 fully saturated rings. The van der Waals surface area contributed by atoms with E-state index in [-0.39, 0.29) is 0 Å². The van der Waals surface area contributed by atoms with Crippen LogP contribution in [0.5, 0.6) is 5.75 Å². The molecule has 2 heterocycles. The maximum Gasteiger partial charge on any atom is 0.123 e. The molecule has 0 aromatic heterocycles. The van der Waals surface area contributed by atoms with Crippen molar-refractivity contribution in [2.45, 2.75) is 26.4 Å². The Morgan fingerprint density at radius 2 is 1.90 bits per heavy atom. The van der Waals surface area contributed by atoms with E-state index < -0.39 is 0 Å². The van der Waals surface area contributed by atoms with Crippen LogP contribution in [-0.2, 0) is 24.2 Å². The lowest BCUT2D eigenvalue weighted by Gasteiger charge is -2.30. The van der Waals surface area contributed by atoms with Crippen molar-refractivity contribution in [2.24, 2.45) is 0 Å². The zero-order valence-corrected chi connectivity index (χ0v) is 13.2. The van der Waals surface area contributed by atoms with Crippen molar-refractivity contribution in [1.29, 1.82) is 0 Å². The van der Waals surface area contributed by atoms with E-state index in [4.69, 9.17) is 9.47 Å². The molecule has 2 aliphatic rings. The molecule has 0 N–H and O–H groups in total. The summed E-state index contributed by atoms with van der Waals surface area (Å²) < 4.78 is 11.1. The fourth-order valence-corrected chi connectivity index (χ4v) is 3.28.